The lowest BCUT2D eigenvalue weighted by molar-refractivity contribution is 0.548. The minimum absolute atomic E-state index is 0.285. The van der Waals surface area contributed by atoms with Crippen LogP contribution < -0.4 is 19.7 Å². The molecule has 4 aromatic carbocycles. The van der Waals surface area contributed by atoms with Gasteiger partial charge >= 0.3 is 0 Å². The van der Waals surface area contributed by atoms with E-state index in [9.17, 15) is 33.7 Å². The van der Waals surface area contributed by atoms with E-state index in [1.54, 1.807) is 0 Å². The number of aromatic nitrogens is 4. The molecule has 0 atom stereocenters. The van der Waals surface area contributed by atoms with Crippen LogP contribution in [0.3, 0.4) is 0 Å². The summed E-state index contributed by atoms with van der Waals surface area (Å²) in [6.07, 6.45) is -1.49. The summed E-state index contributed by atoms with van der Waals surface area (Å²) in [5.41, 5.74) is -9.77. The van der Waals surface area contributed by atoms with Crippen LogP contribution in [0.1, 0.15) is 33.9 Å². The minimum Gasteiger partial charge on any atom is -0.354 e. The second kappa shape index (κ2) is 19.6. The number of aromatic amines is 2. The van der Waals surface area contributed by atoms with Gasteiger partial charge in [0.25, 0.3) is 0 Å². The van der Waals surface area contributed by atoms with E-state index < -0.39 is 164 Å². The van der Waals surface area contributed by atoms with Gasteiger partial charge in [-0.3, -0.25) is 9.97 Å². The number of hydrogen-bond donors (Lipinski definition) is 6. The predicted octanol–water partition coefficient (Wildman–Crippen LogP) is 7.06. The van der Waals surface area contributed by atoms with Crippen molar-refractivity contribution in [2.45, 2.75) is 47.0 Å². The molecule has 0 saturated heterocycles. The maximum absolute atomic E-state index is 17.0. The zero-order valence-electron chi connectivity index (χ0n) is 39.1. The third-order valence-electron chi connectivity index (χ3n) is 12.6. The highest BCUT2D eigenvalue weighted by atomic mass is 32.2. The Balaban J connectivity index is 1.56. The largest absolute Gasteiger partial charge is 0.354 e. The number of aryl methyl sites for hydroxylation is 4. The quantitative estimate of drug-likeness (QED) is 0.0678. The molecule has 2 aliphatic heterocycles. The van der Waals surface area contributed by atoms with Gasteiger partial charge in [0.05, 0.1) is 56.5 Å². The van der Waals surface area contributed by atoms with Gasteiger partial charge in [-0.2, -0.15) is 0 Å². The van der Waals surface area contributed by atoms with Crippen LogP contribution in [0.15, 0.2) is 82.6 Å². The molecular weight excluding hydrogens is 1100 g/mol. The fourth-order valence-corrected chi connectivity index (χ4v) is 12.2. The summed E-state index contributed by atoms with van der Waals surface area (Å²) in [5, 5.41) is 10.5. The van der Waals surface area contributed by atoms with Crippen molar-refractivity contribution in [2.24, 2.45) is 10.3 Å². The summed E-state index contributed by atoms with van der Waals surface area (Å²) < 4.78 is 239. The Kier molecular flexibility index (Phi) is 13.9. The van der Waals surface area contributed by atoms with Crippen LogP contribution in [-0.2, 0) is 77.3 Å². The van der Waals surface area contributed by atoms with Crippen LogP contribution in [0.4, 0.5) is 35.1 Å². The average molecular weight is 1140 g/mol. The van der Waals surface area contributed by atoms with Crippen LogP contribution >= 0.6 is 0 Å². The SMILES string of the molecule is CNS(=O)(=O)c1ccc(F)c(-c2c3nc(c(-c4c(F)ccc(CS(N)(=O)=O)c4F)c4ccc([nH]4)c(-c4c(F)ccc(CS(N)(=O)=O)c4F)c4nc(c(-c5c(F)ccc(S(=O)(=O)NC)c5F)c5ccc2[nH]5)CC4)CC3)c1F. The molecule has 8 N–H and O–H groups in total. The molecule has 0 amide bonds. The fourth-order valence-electron chi connectivity index (χ4n) is 9.32. The van der Waals surface area contributed by atoms with E-state index in [1.807, 2.05) is 9.44 Å². The van der Waals surface area contributed by atoms with Crippen molar-refractivity contribution in [1.29, 1.82) is 0 Å². The number of hydrogen-bond acceptors (Lipinski definition) is 10. The number of H-pyrrole nitrogens is 2. The molecule has 8 bridgehead atoms. The highest BCUT2D eigenvalue weighted by molar-refractivity contribution is 7.90. The summed E-state index contributed by atoms with van der Waals surface area (Å²) in [7, 11) is -16.5. The molecule has 7 aromatic rings. The number of primary sulfonamides is 2. The molecule has 0 radical (unpaired) electrons. The number of nitrogens with zero attached hydrogens (tertiary/aromatic N) is 2. The topological polar surface area (TPSA) is 270 Å². The first-order valence-corrected chi connectivity index (χ1v) is 28.6. The van der Waals surface area contributed by atoms with E-state index in [-0.39, 0.29) is 70.5 Å². The maximum Gasteiger partial charge on any atom is 0.243 e. The van der Waals surface area contributed by atoms with E-state index in [0.29, 0.717) is 24.3 Å². The van der Waals surface area contributed by atoms with Crippen molar-refractivity contribution in [3.8, 4) is 44.5 Å². The van der Waals surface area contributed by atoms with Crippen LogP contribution in [0.25, 0.3) is 66.6 Å². The van der Waals surface area contributed by atoms with Crippen molar-refractivity contribution >= 4 is 62.2 Å². The normalized spacial score (nSPS) is 13.4. The summed E-state index contributed by atoms with van der Waals surface area (Å²) >= 11 is 0. The molecule has 398 valence electrons. The van der Waals surface area contributed by atoms with Gasteiger partial charge in [0.15, 0.2) is 11.6 Å². The molecular formula is C48H38F8N8O8S4. The molecule has 0 saturated carbocycles. The van der Waals surface area contributed by atoms with Crippen molar-refractivity contribution < 1.29 is 68.8 Å². The fraction of sp³-hybridized carbons (Fsp3) is 0.167. The van der Waals surface area contributed by atoms with Gasteiger partial charge in [0.1, 0.15) is 44.7 Å². The molecule has 0 unspecified atom stereocenters. The zero-order chi connectivity index (χ0) is 55.1. The number of nitrogens with one attached hydrogen (secondary N) is 4. The van der Waals surface area contributed by atoms with Gasteiger partial charge in [0.2, 0.25) is 40.1 Å². The maximum atomic E-state index is 17.0. The molecule has 5 heterocycles. The summed E-state index contributed by atoms with van der Waals surface area (Å²) in [5.74, 6) is -14.0. The first-order chi connectivity index (χ1) is 35.6. The van der Waals surface area contributed by atoms with Gasteiger partial charge in [-0.05, 0) is 100 Å². The summed E-state index contributed by atoms with van der Waals surface area (Å²) in [6, 6.07) is 10.2. The number of halogens is 8. The third-order valence-corrected chi connectivity index (χ3v) is 16.9. The molecule has 28 heteroatoms. The smallest absolute Gasteiger partial charge is 0.243 e. The lowest BCUT2D eigenvalue weighted by Crippen LogP contribution is -2.20. The Hall–Kier alpha value is -6.92. The number of rotatable bonds is 12. The molecule has 0 aliphatic carbocycles. The van der Waals surface area contributed by atoms with Gasteiger partial charge in [-0.1, -0.05) is 12.1 Å². The standard InChI is InChI=1S/C48H38F8N8O8S4/c1-59-75(69,70)35-17-7-25(51)39(47(35)55)43-31-13-11-29(62-31)41(37-23(49)5-3-21(45(37)53)19-73(57,65)66)27-9-10-28(61-27)42(38-24(50)6-4-22(46(38)54)20-74(58,67)68)30-12-14-32(63-30)44(34-16-15-33(43)64-34)40-26(52)8-18-36(48(40)56)76(71,72)60-2/h3-10,15-18,59-61,64H,11-14,19-20H2,1-2H3,(H2,57,65,66)(H2,58,67,68). The van der Waals surface area contributed by atoms with Crippen LogP contribution in [0.2, 0.25) is 0 Å². The monoisotopic (exact) mass is 1130 g/mol. The van der Waals surface area contributed by atoms with Crippen molar-refractivity contribution in [2.75, 3.05) is 14.1 Å². The number of sulfonamides is 4. The van der Waals surface area contributed by atoms with E-state index in [2.05, 4.69) is 19.9 Å². The zero-order valence-corrected chi connectivity index (χ0v) is 42.4. The third kappa shape index (κ3) is 9.78. The molecule has 0 spiro atoms. The lowest BCUT2D eigenvalue weighted by atomic mass is 9.98. The van der Waals surface area contributed by atoms with Gasteiger partial charge in [0, 0.05) is 55.4 Å². The number of fused-ring (bicyclic) bond motifs is 8. The highest BCUT2D eigenvalue weighted by Crippen LogP contribution is 2.43. The molecule has 76 heavy (non-hydrogen) atoms. The molecule has 2 aliphatic rings. The van der Waals surface area contributed by atoms with E-state index in [4.69, 9.17) is 10.3 Å². The van der Waals surface area contributed by atoms with E-state index >= 15 is 35.1 Å². The molecule has 0 fully saturated rings. The predicted molar refractivity (Wildman–Crippen MR) is 263 cm³/mol. The molecule has 9 rings (SSSR count). The molecule has 3 aromatic heterocycles. The molecule has 16 nitrogen and oxygen atoms in total. The van der Waals surface area contributed by atoms with Crippen molar-refractivity contribution in [3.05, 3.63) is 153 Å². The van der Waals surface area contributed by atoms with E-state index in [0.717, 1.165) is 50.5 Å². The lowest BCUT2D eigenvalue weighted by Gasteiger charge is -2.13. The van der Waals surface area contributed by atoms with Crippen LogP contribution in [-0.4, -0.2) is 67.7 Å². The highest BCUT2D eigenvalue weighted by Gasteiger charge is 2.33. The first kappa shape index (κ1) is 53.9. The second-order valence-electron chi connectivity index (χ2n) is 17.4. The van der Waals surface area contributed by atoms with Crippen molar-refractivity contribution in [1.82, 2.24) is 29.4 Å². The minimum atomic E-state index is -4.69. The number of nitrogens with two attached hydrogens (primary N) is 2. The second-order valence-corrected chi connectivity index (χ2v) is 24.3. The van der Waals surface area contributed by atoms with E-state index in [1.165, 1.54) is 12.1 Å². The Labute approximate surface area is 427 Å². The van der Waals surface area contributed by atoms with Gasteiger partial charge < -0.3 is 9.97 Å². The Morgan fingerprint density at radius 1 is 0.408 bits per heavy atom. The van der Waals surface area contributed by atoms with Crippen molar-refractivity contribution in [3.63, 3.8) is 0 Å². The average Bonchev–Trinajstić information content (AvgIpc) is 4.22. The summed E-state index contributed by atoms with van der Waals surface area (Å²) in [6.45, 7) is 0. The Morgan fingerprint density at radius 2 is 0.671 bits per heavy atom. The van der Waals surface area contributed by atoms with Gasteiger partial charge in [-0.25, -0.2) is 88.5 Å². The summed E-state index contributed by atoms with van der Waals surface area (Å²) in [4.78, 5) is 12.9. The Morgan fingerprint density at radius 3 is 0.934 bits per heavy atom. The van der Waals surface area contributed by atoms with Gasteiger partial charge in [-0.15, -0.1) is 0 Å². The first-order valence-electron chi connectivity index (χ1n) is 22.2. The Bertz CT molecular complexity index is 4040. The number of benzene rings is 4. The van der Waals surface area contributed by atoms with Crippen LogP contribution in [0.5, 0.6) is 0 Å². The van der Waals surface area contributed by atoms with Crippen LogP contribution in [0, 0.1) is 46.5 Å².